The Morgan fingerprint density at radius 2 is 1.53 bits per heavy atom. The molecule has 0 saturated carbocycles. The summed E-state index contributed by atoms with van der Waals surface area (Å²) in [6, 6.07) is 22.8. The van der Waals surface area contributed by atoms with Gasteiger partial charge in [-0.05, 0) is 23.8 Å². The minimum absolute atomic E-state index is 0.0164. The van der Waals surface area contributed by atoms with Crippen molar-refractivity contribution in [3.05, 3.63) is 102 Å². The predicted octanol–water partition coefficient (Wildman–Crippen LogP) is 3.17. The molecule has 3 aromatic carbocycles. The molecule has 1 N–H and O–H groups in total. The van der Waals surface area contributed by atoms with Gasteiger partial charge in [0.1, 0.15) is 5.82 Å². The Bertz CT molecular complexity index is 1120. The minimum Gasteiger partial charge on any atom is -0.272 e. The van der Waals surface area contributed by atoms with Crippen LogP contribution in [-0.2, 0) is 21.4 Å². The first-order valence-electron chi connectivity index (χ1n) is 9.12. The van der Waals surface area contributed by atoms with Crippen LogP contribution in [0, 0.1) is 5.82 Å². The molecule has 154 valence electrons. The zero-order chi connectivity index (χ0) is 21.4. The quantitative estimate of drug-likeness (QED) is 0.445. The van der Waals surface area contributed by atoms with E-state index in [2.05, 4.69) is 10.5 Å². The smallest absolute Gasteiger partial charge is 0.255 e. The number of hydrogen-bond donors (Lipinski definition) is 1. The highest BCUT2D eigenvalue weighted by atomic mass is 32.2. The number of sulfonamides is 1. The van der Waals surface area contributed by atoms with Gasteiger partial charge in [-0.25, -0.2) is 18.2 Å². The van der Waals surface area contributed by atoms with Gasteiger partial charge in [-0.1, -0.05) is 66.7 Å². The highest BCUT2D eigenvalue weighted by Crippen LogP contribution is 2.18. The van der Waals surface area contributed by atoms with Crippen molar-refractivity contribution in [1.82, 2.24) is 9.73 Å². The topological polar surface area (TPSA) is 78.8 Å². The molecule has 0 atom stereocenters. The number of nitrogens with one attached hydrogen (secondary N) is 1. The molecule has 0 fully saturated rings. The number of rotatable bonds is 8. The zero-order valence-corrected chi connectivity index (χ0v) is 16.8. The van der Waals surface area contributed by atoms with Gasteiger partial charge < -0.3 is 0 Å². The van der Waals surface area contributed by atoms with E-state index in [1.165, 1.54) is 30.5 Å². The van der Waals surface area contributed by atoms with Gasteiger partial charge in [0.25, 0.3) is 5.91 Å². The van der Waals surface area contributed by atoms with Crippen LogP contribution in [0.3, 0.4) is 0 Å². The van der Waals surface area contributed by atoms with E-state index in [9.17, 15) is 17.6 Å². The van der Waals surface area contributed by atoms with Crippen LogP contribution in [0.1, 0.15) is 11.1 Å². The van der Waals surface area contributed by atoms with E-state index in [1.807, 2.05) is 6.07 Å². The van der Waals surface area contributed by atoms with Crippen LogP contribution in [0.2, 0.25) is 0 Å². The second kappa shape index (κ2) is 9.91. The van der Waals surface area contributed by atoms with Crippen molar-refractivity contribution in [3.63, 3.8) is 0 Å². The molecule has 3 rings (SSSR count). The minimum atomic E-state index is -3.92. The largest absolute Gasteiger partial charge is 0.272 e. The number of carbonyl (C=O) groups excluding carboxylic acids is 1. The summed E-state index contributed by atoms with van der Waals surface area (Å²) in [7, 11) is -3.92. The van der Waals surface area contributed by atoms with Crippen LogP contribution in [0.4, 0.5) is 4.39 Å². The maximum Gasteiger partial charge on any atom is 0.255 e. The lowest BCUT2D eigenvalue weighted by Crippen LogP contribution is -2.39. The highest BCUT2D eigenvalue weighted by Gasteiger charge is 2.26. The summed E-state index contributed by atoms with van der Waals surface area (Å²) in [6.45, 7) is -0.427. The lowest BCUT2D eigenvalue weighted by molar-refractivity contribution is -0.121. The third-order valence-electron chi connectivity index (χ3n) is 4.20. The molecule has 0 saturated heterocycles. The van der Waals surface area contributed by atoms with Gasteiger partial charge >= 0.3 is 0 Å². The summed E-state index contributed by atoms with van der Waals surface area (Å²) in [5.74, 6) is -1.12. The number of benzene rings is 3. The lowest BCUT2D eigenvalue weighted by Gasteiger charge is -2.21. The van der Waals surface area contributed by atoms with Crippen molar-refractivity contribution >= 4 is 22.1 Å². The zero-order valence-electron chi connectivity index (χ0n) is 16.0. The second-order valence-corrected chi connectivity index (χ2v) is 8.32. The molecule has 1 amide bonds. The molecule has 0 bridgehead atoms. The average molecular weight is 425 g/mol. The monoisotopic (exact) mass is 425 g/mol. The van der Waals surface area contributed by atoms with Crippen LogP contribution >= 0.6 is 0 Å². The summed E-state index contributed by atoms with van der Waals surface area (Å²) in [5.41, 5.74) is 3.20. The Labute approximate surface area is 174 Å². The van der Waals surface area contributed by atoms with Crippen molar-refractivity contribution < 1.29 is 17.6 Å². The summed E-state index contributed by atoms with van der Waals surface area (Å²) in [6.07, 6.45) is 1.17. The Kier molecular flexibility index (Phi) is 7.05. The Hall–Kier alpha value is -3.36. The van der Waals surface area contributed by atoms with Gasteiger partial charge in [0, 0.05) is 12.1 Å². The van der Waals surface area contributed by atoms with Gasteiger partial charge in [0.05, 0.1) is 17.7 Å². The maximum atomic E-state index is 13.6. The van der Waals surface area contributed by atoms with Crippen LogP contribution in [0.15, 0.2) is 94.9 Å². The SMILES string of the molecule is O=C(CN(Cc1ccccc1)S(=O)(=O)c1ccccc1)N/N=C\c1ccccc1F. The summed E-state index contributed by atoms with van der Waals surface area (Å²) in [5, 5.41) is 3.73. The fraction of sp³-hybridized carbons (Fsp3) is 0.0909. The molecule has 0 heterocycles. The third kappa shape index (κ3) is 5.59. The standard InChI is InChI=1S/C22H20FN3O3S/c23-21-14-8-7-11-19(21)15-24-25-22(27)17-26(16-18-9-3-1-4-10-18)30(28,29)20-12-5-2-6-13-20/h1-15H,16-17H2,(H,25,27)/b24-15-. The van der Waals surface area contributed by atoms with Crippen molar-refractivity contribution in [3.8, 4) is 0 Å². The number of halogens is 1. The number of hydrogen-bond acceptors (Lipinski definition) is 4. The van der Waals surface area contributed by atoms with E-state index < -0.39 is 28.3 Å². The normalized spacial score (nSPS) is 11.7. The lowest BCUT2D eigenvalue weighted by atomic mass is 10.2. The van der Waals surface area contributed by atoms with Crippen LogP contribution in [0.25, 0.3) is 0 Å². The Morgan fingerprint density at radius 1 is 0.933 bits per heavy atom. The predicted molar refractivity (Wildman–Crippen MR) is 113 cm³/mol. The summed E-state index contributed by atoms with van der Waals surface area (Å²) >= 11 is 0. The van der Waals surface area contributed by atoms with Gasteiger partial charge in [0.2, 0.25) is 10.0 Å². The first-order valence-corrected chi connectivity index (χ1v) is 10.6. The summed E-state index contributed by atoms with van der Waals surface area (Å²) < 4.78 is 40.8. The molecule has 8 heteroatoms. The van der Waals surface area contributed by atoms with Gasteiger partial charge in [0.15, 0.2) is 0 Å². The van der Waals surface area contributed by atoms with Crippen molar-refractivity contribution in [2.24, 2.45) is 5.10 Å². The average Bonchev–Trinajstić information content (AvgIpc) is 2.76. The molecule has 0 aliphatic heterocycles. The molecular weight excluding hydrogens is 405 g/mol. The van der Waals surface area contributed by atoms with Crippen LogP contribution < -0.4 is 5.43 Å². The molecule has 30 heavy (non-hydrogen) atoms. The van der Waals surface area contributed by atoms with Crippen molar-refractivity contribution in [2.45, 2.75) is 11.4 Å². The Balaban J connectivity index is 1.76. The molecule has 0 unspecified atom stereocenters. The van der Waals surface area contributed by atoms with Gasteiger partial charge in [-0.15, -0.1) is 0 Å². The van der Waals surface area contributed by atoms with Crippen molar-refractivity contribution in [1.29, 1.82) is 0 Å². The molecular formula is C22H20FN3O3S. The van der Waals surface area contributed by atoms with E-state index in [1.54, 1.807) is 54.6 Å². The van der Waals surface area contributed by atoms with E-state index in [4.69, 9.17) is 0 Å². The Morgan fingerprint density at radius 3 is 2.20 bits per heavy atom. The molecule has 0 aliphatic carbocycles. The molecule has 0 radical (unpaired) electrons. The van der Waals surface area contributed by atoms with Crippen LogP contribution in [0.5, 0.6) is 0 Å². The number of carbonyl (C=O) groups is 1. The first kappa shape index (κ1) is 21.4. The van der Waals surface area contributed by atoms with E-state index in [0.717, 1.165) is 9.87 Å². The maximum absolute atomic E-state index is 13.6. The van der Waals surface area contributed by atoms with E-state index in [-0.39, 0.29) is 17.0 Å². The fourth-order valence-electron chi connectivity index (χ4n) is 2.70. The second-order valence-electron chi connectivity index (χ2n) is 6.39. The van der Waals surface area contributed by atoms with Gasteiger partial charge in [-0.2, -0.15) is 9.41 Å². The fourth-order valence-corrected chi connectivity index (χ4v) is 4.11. The molecule has 0 aliphatic rings. The molecule has 6 nitrogen and oxygen atoms in total. The number of amides is 1. The summed E-state index contributed by atoms with van der Waals surface area (Å²) in [4.78, 5) is 12.5. The van der Waals surface area contributed by atoms with Crippen LogP contribution in [-0.4, -0.2) is 31.4 Å². The molecule has 0 spiro atoms. The molecule has 0 aromatic heterocycles. The number of hydrazone groups is 1. The first-order chi connectivity index (χ1) is 14.5. The van der Waals surface area contributed by atoms with Gasteiger partial charge in [-0.3, -0.25) is 4.79 Å². The molecule has 3 aromatic rings. The van der Waals surface area contributed by atoms with E-state index in [0.29, 0.717) is 0 Å². The van der Waals surface area contributed by atoms with Crippen molar-refractivity contribution in [2.75, 3.05) is 6.54 Å². The highest BCUT2D eigenvalue weighted by molar-refractivity contribution is 7.89. The third-order valence-corrected chi connectivity index (χ3v) is 6.01. The number of nitrogens with zero attached hydrogens (tertiary/aromatic N) is 2. The van der Waals surface area contributed by atoms with E-state index >= 15 is 0 Å².